The number of sulfonamides is 1. The summed E-state index contributed by atoms with van der Waals surface area (Å²) in [7, 11) is -3.81. The lowest BCUT2D eigenvalue weighted by molar-refractivity contribution is -0.123. The van der Waals surface area contributed by atoms with Gasteiger partial charge in [-0.2, -0.15) is 8.42 Å². The van der Waals surface area contributed by atoms with E-state index in [0.29, 0.717) is 5.69 Å². The molecular formula is C12H12N2O4S2. The fourth-order valence-electron chi connectivity index (χ4n) is 1.71. The lowest BCUT2D eigenvalue weighted by atomic mass is 10.2. The Bertz CT molecular complexity index is 696. The molecule has 8 heteroatoms. The molecule has 0 saturated heterocycles. The van der Waals surface area contributed by atoms with Crippen LogP contribution in [-0.4, -0.2) is 30.4 Å². The molecule has 0 aliphatic carbocycles. The molecular weight excluding hydrogens is 300 g/mol. The first-order valence-corrected chi connectivity index (χ1v) is 8.02. The van der Waals surface area contributed by atoms with Crippen molar-refractivity contribution in [1.82, 2.24) is 0 Å². The Morgan fingerprint density at radius 2 is 1.80 bits per heavy atom. The lowest BCUT2D eigenvalue weighted by Gasteiger charge is -2.19. The summed E-state index contributed by atoms with van der Waals surface area (Å²) in [5.74, 6) is -0.688. The summed E-state index contributed by atoms with van der Waals surface area (Å²) in [6, 6.07) is 6.32. The van der Waals surface area contributed by atoms with Gasteiger partial charge in [-0.05, 0) is 26.0 Å². The molecule has 0 saturated carbocycles. The summed E-state index contributed by atoms with van der Waals surface area (Å²) in [4.78, 5) is 22.9. The predicted octanol–water partition coefficient (Wildman–Crippen LogP) is 1.44. The molecule has 0 fully saturated rings. The smallest absolute Gasteiger partial charge is 0.286 e. The van der Waals surface area contributed by atoms with E-state index >= 15 is 0 Å². The molecule has 0 atom stereocenters. The van der Waals surface area contributed by atoms with Gasteiger partial charge in [-0.3, -0.25) is 9.59 Å². The molecule has 0 unspecified atom stereocenters. The van der Waals surface area contributed by atoms with Gasteiger partial charge in [0.05, 0.1) is 5.69 Å². The number of benzene rings is 1. The van der Waals surface area contributed by atoms with E-state index in [9.17, 15) is 18.0 Å². The molecule has 0 radical (unpaired) electrons. The van der Waals surface area contributed by atoms with Gasteiger partial charge >= 0.3 is 0 Å². The van der Waals surface area contributed by atoms with Crippen LogP contribution in [0.25, 0.3) is 0 Å². The van der Waals surface area contributed by atoms with Crippen molar-refractivity contribution in [3.05, 3.63) is 24.3 Å². The van der Waals surface area contributed by atoms with Crippen molar-refractivity contribution >= 4 is 44.2 Å². The van der Waals surface area contributed by atoms with Crippen molar-refractivity contribution < 1.29 is 18.0 Å². The number of hydrogen-bond donors (Lipinski definition) is 1. The van der Waals surface area contributed by atoms with Crippen LogP contribution < -0.4 is 5.32 Å². The highest BCUT2D eigenvalue weighted by Gasteiger charge is 2.29. The van der Waals surface area contributed by atoms with Gasteiger partial charge in [-0.1, -0.05) is 23.9 Å². The van der Waals surface area contributed by atoms with E-state index in [4.69, 9.17) is 0 Å². The summed E-state index contributed by atoms with van der Waals surface area (Å²) in [6.45, 7) is 2.57. The molecule has 106 valence electrons. The zero-order valence-corrected chi connectivity index (χ0v) is 12.4. The third-order valence-electron chi connectivity index (χ3n) is 2.58. The lowest BCUT2D eigenvalue weighted by Crippen LogP contribution is -2.28. The number of anilines is 1. The predicted molar refractivity (Wildman–Crippen MR) is 77.4 cm³/mol. The molecule has 1 aliphatic heterocycles. The number of nitrogens with zero attached hydrogens (tertiary/aromatic N) is 1. The normalized spacial score (nSPS) is 16.1. The first kappa shape index (κ1) is 14.7. The minimum Gasteiger partial charge on any atom is -0.333 e. The average Bonchev–Trinajstić information content (AvgIpc) is 2.34. The Morgan fingerprint density at radius 3 is 2.40 bits per heavy atom. The number of thioether (sulfide) groups is 1. The Morgan fingerprint density at radius 1 is 1.20 bits per heavy atom. The molecule has 1 aromatic carbocycles. The number of Topliss-reactive ketones (excluding diaryl/α,β-unsaturated/α-hetero) is 2. The largest absolute Gasteiger partial charge is 0.333 e. The number of carbonyl (C=O) groups is 2. The fourth-order valence-corrected chi connectivity index (χ4v) is 3.91. The molecule has 1 aliphatic rings. The van der Waals surface area contributed by atoms with Crippen LogP contribution in [-0.2, 0) is 19.6 Å². The van der Waals surface area contributed by atoms with Crippen molar-refractivity contribution in [3.8, 4) is 0 Å². The molecule has 0 spiro atoms. The van der Waals surface area contributed by atoms with Crippen molar-refractivity contribution in [3.63, 3.8) is 0 Å². The topological polar surface area (TPSA) is 92.7 Å². The third-order valence-corrected chi connectivity index (χ3v) is 5.34. The summed E-state index contributed by atoms with van der Waals surface area (Å²) in [5.41, 5.74) is 0.385. The van der Waals surface area contributed by atoms with Crippen LogP contribution in [0.2, 0.25) is 0 Å². The monoisotopic (exact) mass is 312 g/mol. The van der Waals surface area contributed by atoms with Crippen LogP contribution in [0.4, 0.5) is 5.69 Å². The van der Waals surface area contributed by atoms with E-state index in [1.807, 2.05) is 0 Å². The van der Waals surface area contributed by atoms with E-state index in [2.05, 4.69) is 9.71 Å². The van der Waals surface area contributed by atoms with Crippen molar-refractivity contribution in [2.75, 3.05) is 5.32 Å². The van der Waals surface area contributed by atoms with Crippen molar-refractivity contribution in [2.24, 2.45) is 4.40 Å². The molecule has 0 aromatic heterocycles. The van der Waals surface area contributed by atoms with Crippen molar-refractivity contribution in [2.45, 2.75) is 24.0 Å². The second-order valence-corrected chi connectivity index (χ2v) is 6.88. The molecule has 0 bridgehead atoms. The number of fused-ring (bicyclic) bond motifs is 1. The Kier molecular flexibility index (Phi) is 3.96. The van der Waals surface area contributed by atoms with E-state index in [1.54, 1.807) is 18.2 Å². The highest BCUT2D eigenvalue weighted by Crippen LogP contribution is 2.30. The molecule has 20 heavy (non-hydrogen) atoms. The summed E-state index contributed by atoms with van der Waals surface area (Å²) in [5, 5.41) is 1.89. The van der Waals surface area contributed by atoms with Crippen LogP contribution in [0.5, 0.6) is 0 Å². The average molecular weight is 312 g/mol. The summed E-state index contributed by atoms with van der Waals surface area (Å²) < 4.78 is 27.6. The second kappa shape index (κ2) is 5.37. The van der Waals surface area contributed by atoms with E-state index in [-0.39, 0.29) is 21.6 Å². The number of para-hydroxylation sites is 1. The molecule has 1 aromatic rings. The molecule has 2 rings (SSSR count). The van der Waals surface area contributed by atoms with Crippen molar-refractivity contribution in [1.29, 1.82) is 0 Å². The molecule has 1 N–H and O–H groups in total. The Labute approximate surface area is 120 Å². The maximum atomic E-state index is 12.0. The van der Waals surface area contributed by atoms with E-state index in [0.717, 1.165) is 11.8 Å². The summed E-state index contributed by atoms with van der Waals surface area (Å²) >= 11 is 0.808. The SMILES string of the molecule is CC(=O)C(SC1=NS(=O)(=O)c2ccccc2N1)C(C)=O. The molecule has 6 nitrogen and oxygen atoms in total. The minimum atomic E-state index is -3.81. The van der Waals surface area contributed by atoms with Gasteiger partial charge in [0.25, 0.3) is 10.0 Å². The molecule has 1 heterocycles. The zero-order valence-electron chi connectivity index (χ0n) is 10.8. The number of nitrogens with one attached hydrogen (secondary N) is 1. The van der Waals surface area contributed by atoms with Gasteiger partial charge in [0, 0.05) is 0 Å². The number of hydrogen-bond acceptors (Lipinski definition) is 6. The van der Waals surface area contributed by atoms with E-state index in [1.165, 1.54) is 19.9 Å². The van der Waals surface area contributed by atoms with Crippen LogP contribution >= 0.6 is 11.8 Å². The number of amidine groups is 1. The van der Waals surface area contributed by atoms with Gasteiger partial charge < -0.3 is 5.32 Å². The maximum Gasteiger partial charge on any atom is 0.286 e. The first-order chi connectivity index (χ1) is 9.31. The first-order valence-electron chi connectivity index (χ1n) is 5.70. The van der Waals surface area contributed by atoms with Gasteiger partial charge in [-0.15, -0.1) is 4.40 Å². The maximum absolute atomic E-state index is 12.0. The van der Waals surface area contributed by atoms with Gasteiger partial charge in [0.2, 0.25) is 0 Å². The van der Waals surface area contributed by atoms with Gasteiger partial charge in [0.15, 0.2) is 16.7 Å². The van der Waals surface area contributed by atoms with Crippen LogP contribution in [0, 0.1) is 0 Å². The van der Waals surface area contributed by atoms with Crippen LogP contribution in [0.3, 0.4) is 0 Å². The molecule has 0 amide bonds. The minimum absolute atomic E-state index is 0.0269. The second-order valence-electron chi connectivity index (χ2n) is 4.21. The Hall–Kier alpha value is -1.67. The number of ketones is 2. The van der Waals surface area contributed by atoms with Gasteiger partial charge in [0.1, 0.15) is 10.1 Å². The third kappa shape index (κ3) is 2.91. The highest BCUT2D eigenvalue weighted by molar-refractivity contribution is 8.16. The van der Waals surface area contributed by atoms with Gasteiger partial charge in [-0.25, -0.2) is 0 Å². The zero-order chi connectivity index (χ0) is 14.9. The highest BCUT2D eigenvalue weighted by atomic mass is 32.2. The van der Waals surface area contributed by atoms with E-state index < -0.39 is 15.3 Å². The quantitative estimate of drug-likeness (QED) is 0.849. The van der Waals surface area contributed by atoms with Crippen LogP contribution in [0.1, 0.15) is 13.8 Å². The Balaban J connectivity index is 2.35. The number of carbonyl (C=O) groups excluding carboxylic acids is 2. The number of rotatable bonds is 3. The standard InChI is InChI=1S/C12H12N2O4S2/c1-7(15)11(8(2)16)19-12-13-9-5-3-4-6-10(9)20(17,18)14-12/h3-6,11H,1-2H3,(H,13,14). The van der Waals surface area contributed by atoms with Crippen LogP contribution in [0.15, 0.2) is 33.6 Å². The summed E-state index contributed by atoms with van der Waals surface area (Å²) in [6.07, 6.45) is 0. The fraction of sp³-hybridized carbons (Fsp3) is 0.250.